The van der Waals surface area contributed by atoms with Crippen LogP contribution in [0.1, 0.15) is 36.0 Å². The number of piperidine rings is 1. The first-order chi connectivity index (χ1) is 8.56. The third kappa shape index (κ3) is 2.05. The monoisotopic (exact) mass is 305 g/mol. The van der Waals surface area contributed by atoms with Crippen molar-refractivity contribution >= 4 is 40.4 Å². The molecule has 18 heavy (non-hydrogen) atoms. The second-order valence-corrected chi connectivity index (χ2v) is 7.25. The van der Waals surface area contributed by atoms with Crippen molar-refractivity contribution in [3.05, 3.63) is 20.3 Å². The van der Waals surface area contributed by atoms with E-state index in [-0.39, 0.29) is 24.1 Å². The highest BCUT2D eigenvalue weighted by atomic mass is 35.5. The van der Waals surface area contributed by atoms with Crippen molar-refractivity contribution in [2.24, 2.45) is 0 Å². The SMILES string of the molecule is O=C(c1cc(Cl)sc1Cl)N1C2CCC1CC(O)C2. The van der Waals surface area contributed by atoms with E-state index < -0.39 is 0 Å². The van der Waals surface area contributed by atoms with Crippen LogP contribution in [0.2, 0.25) is 8.67 Å². The smallest absolute Gasteiger partial charge is 0.256 e. The van der Waals surface area contributed by atoms with Gasteiger partial charge in [0.25, 0.3) is 5.91 Å². The average molecular weight is 306 g/mol. The van der Waals surface area contributed by atoms with Gasteiger partial charge in [0, 0.05) is 12.1 Å². The van der Waals surface area contributed by atoms with E-state index in [1.165, 1.54) is 11.3 Å². The predicted octanol–water partition coefficient (Wildman–Crippen LogP) is 3.18. The van der Waals surface area contributed by atoms with Crippen molar-refractivity contribution in [1.29, 1.82) is 0 Å². The summed E-state index contributed by atoms with van der Waals surface area (Å²) in [6, 6.07) is 1.95. The Morgan fingerprint density at radius 2 is 1.94 bits per heavy atom. The summed E-state index contributed by atoms with van der Waals surface area (Å²) in [6.07, 6.45) is 3.04. The highest BCUT2D eigenvalue weighted by Crippen LogP contribution is 2.39. The molecule has 2 aliphatic heterocycles. The number of amides is 1. The number of aliphatic hydroxyl groups is 1. The van der Waals surface area contributed by atoms with Crippen LogP contribution in [0.25, 0.3) is 0 Å². The summed E-state index contributed by atoms with van der Waals surface area (Å²) in [5, 5.41) is 9.74. The van der Waals surface area contributed by atoms with Crippen LogP contribution >= 0.6 is 34.5 Å². The highest BCUT2D eigenvalue weighted by Gasteiger charge is 2.43. The zero-order valence-corrected chi connectivity index (χ0v) is 11.9. The molecule has 1 N–H and O–H groups in total. The van der Waals surface area contributed by atoms with Gasteiger partial charge in [-0.3, -0.25) is 4.79 Å². The quantitative estimate of drug-likeness (QED) is 0.865. The Morgan fingerprint density at radius 1 is 1.33 bits per heavy atom. The van der Waals surface area contributed by atoms with Crippen LogP contribution in [-0.2, 0) is 0 Å². The number of hydrogen-bond acceptors (Lipinski definition) is 3. The second kappa shape index (κ2) is 4.67. The summed E-state index contributed by atoms with van der Waals surface area (Å²) in [7, 11) is 0. The van der Waals surface area contributed by atoms with Gasteiger partial charge in [0.1, 0.15) is 4.34 Å². The molecule has 3 nitrogen and oxygen atoms in total. The van der Waals surface area contributed by atoms with Gasteiger partial charge in [0.05, 0.1) is 16.0 Å². The normalized spacial score (nSPS) is 30.8. The molecule has 3 rings (SSSR count). The molecule has 0 spiro atoms. The van der Waals surface area contributed by atoms with Gasteiger partial charge in [0.15, 0.2) is 0 Å². The molecular formula is C12H13Cl2NO2S. The fourth-order valence-electron chi connectivity index (χ4n) is 3.11. The van der Waals surface area contributed by atoms with Crippen molar-refractivity contribution in [3.8, 4) is 0 Å². The Bertz CT molecular complexity index is 476. The molecule has 6 heteroatoms. The van der Waals surface area contributed by atoms with Crippen LogP contribution in [0.4, 0.5) is 0 Å². The number of carbonyl (C=O) groups excluding carboxylic acids is 1. The number of fused-ring (bicyclic) bond motifs is 2. The largest absolute Gasteiger partial charge is 0.393 e. The first-order valence-corrected chi connectivity index (χ1v) is 7.59. The fourth-order valence-corrected chi connectivity index (χ4v) is 4.55. The number of aliphatic hydroxyl groups excluding tert-OH is 1. The molecule has 1 aromatic heterocycles. The predicted molar refractivity (Wildman–Crippen MR) is 72.6 cm³/mol. The minimum absolute atomic E-state index is 0.0393. The summed E-state index contributed by atoms with van der Waals surface area (Å²) in [5.74, 6) is -0.0393. The van der Waals surface area contributed by atoms with Crippen molar-refractivity contribution in [3.63, 3.8) is 0 Å². The van der Waals surface area contributed by atoms with Gasteiger partial charge in [-0.2, -0.15) is 0 Å². The van der Waals surface area contributed by atoms with Gasteiger partial charge >= 0.3 is 0 Å². The minimum atomic E-state index is -0.270. The molecule has 0 aromatic carbocycles. The summed E-state index contributed by atoms with van der Waals surface area (Å²) < 4.78 is 0.989. The average Bonchev–Trinajstić information content (AvgIpc) is 2.76. The number of halogens is 2. The van der Waals surface area contributed by atoms with Crippen molar-refractivity contribution in [2.75, 3.05) is 0 Å². The van der Waals surface area contributed by atoms with Crippen LogP contribution in [-0.4, -0.2) is 34.1 Å². The molecule has 2 saturated heterocycles. The van der Waals surface area contributed by atoms with Gasteiger partial charge in [0.2, 0.25) is 0 Å². The van der Waals surface area contributed by atoms with E-state index in [4.69, 9.17) is 23.2 Å². The Hall–Kier alpha value is -0.290. The van der Waals surface area contributed by atoms with E-state index in [1.807, 2.05) is 4.90 Å². The van der Waals surface area contributed by atoms with E-state index in [0.717, 1.165) is 12.8 Å². The van der Waals surface area contributed by atoms with Gasteiger partial charge in [-0.05, 0) is 31.7 Å². The van der Waals surface area contributed by atoms with Crippen LogP contribution in [0, 0.1) is 0 Å². The number of nitrogens with zero attached hydrogens (tertiary/aromatic N) is 1. The third-order valence-electron chi connectivity index (χ3n) is 3.83. The maximum absolute atomic E-state index is 12.5. The van der Waals surface area contributed by atoms with Gasteiger partial charge in [-0.25, -0.2) is 0 Å². The van der Waals surface area contributed by atoms with Gasteiger partial charge in [-0.15, -0.1) is 11.3 Å². The topological polar surface area (TPSA) is 40.5 Å². The molecular weight excluding hydrogens is 293 g/mol. The zero-order chi connectivity index (χ0) is 12.9. The van der Waals surface area contributed by atoms with Crippen LogP contribution in [0.3, 0.4) is 0 Å². The van der Waals surface area contributed by atoms with E-state index in [0.29, 0.717) is 27.1 Å². The first kappa shape index (κ1) is 12.7. The molecule has 1 aromatic rings. The third-order valence-corrected chi connectivity index (χ3v) is 5.32. The molecule has 2 unspecified atom stereocenters. The van der Waals surface area contributed by atoms with Crippen LogP contribution in [0.5, 0.6) is 0 Å². The second-order valence-electron chi connectivity index (χ2n) is 4.96. The van der Waals surface area contributed by atoms with Gasteiger partial charge in [-0.1, -0.05) is 23.2 Å². The summed E-state index contributed by atoms with van der Waals surface area (Å²) >= 11 is 13.1. The number of rotatable bonds is 1. The summed E-state index contributed by atoms with van der Waals surface area (Å²) in [6.45, 7) is 0. The van der Waals surface area contributed by atoms with Crippen LogP contribution in [0.15, 0.2) is 6.07 Å². The fraction of sp³-hybridized carbons (Fsp3) is 0.583. The summed E-state index contributed by atoms with van der Waals surface area (Å²) in [4.78, 5) is 14.4. The molecule has 3 heterocycles. The lowest BCUT2D eigenvalue weighted by atomic mass is 9.99. The lowest BCUT2D eigenvalue weighted by Crippen LogP contribution is -2.47. The summed E-state index contributed by atoms with van der Waals surface area (Å²) in [5.41, 5.74) is 0.500. The van der Waals surface area contributed by atoms with Crippen LogP contribution < -0.4 is 0 Å². The zero-order valence-electron chi connectivity index (χ0n) is 9.60. The molecule has 0 aliphatic carbocycles. The van der Waals surface area contributed by atoms with E-state index in [9.17, 15) is 9.90 Å². The molecule has 0 saturated carbocycles. The highest BCUT2D eigenvalue weighted by molar-refractivity contribution is 7.20. The Labute approximate surface area is 119 Å². The number of carbonyl (C=O) groups is 1. The van der Waals surface area contributed by atoms with Gasteiger partial charge < -0.3 is 10.0 Å². The van der Waals surface area contributed by atoms with Crippen molar-refractivity contribution in [1.82, 2.24) is 4.90 Å². The number of thiophene rings is 1. The molecule has 2 atom stereocenters. The number of hydrogen-bond donors (Lipinski definition) is 1. The standard InChI is InChI=1S/C12H13Cl2NO2S/c13-10-5-9(11(14)18-10)12(17)15-6-1-2-7(15)4-8(16)3-6/h5-8,16H,1-4H2. The van der Waals surface area contributed by atoms with Crippen molar-refractivity contribution in [2.45, 2.75) is 43.9 Å². The molecule has 2 fully saturated rings. The Kier molecular flexibility index (Phi) is 3.30. The molecule has 2 aliphatic rings. The van der Waals surface area contributed by atoms with Crippen molar-refractivity contribution < 1.29 is 9.90 Å². The Morgan fingerprint density at radius 3 is 2.44 bits per heavy atom. The minimum Gasteiger partial charge on any atom is -0.393 e. The molecule has 2 bridgehead atoms. The Balaban J connectivity index is 1.88. The molecule has 1 amide bonds. The molecule has 0 radical (unpaired) electrons. The van der Waals surface area contributed by atoms with E-state index in [1.54, 1.807) is 6.07 Å². The maximum atomic E-state index is 12.5. The first-order valence-electron chi connectivity index (χ1n) is 6.02. The molecule has 98 valence electrons. The maximum Gasteiger partial charge on any atom is 0.256 e. The lowest BCUT2D eigenvalue weighted by molar-refractivity contribution is 0.0287. The van der Waals surface area contributed by atoms with E-state index in [2.05, 4.69) is 0 Å². The lowest BCUT2D eigenvalue weighted by Gasteiger charge is -2.37. The van der Waals surface area contributed by atoms with E-state index >= 15 is 0 Å².